The Hall–Kier alpha value is -1.35. The molecule has 0 bridgehead atoms. The van der Waals surface area contributed by atoms with Gasteiger partial charge in [0.05, 0.1) is 6.42 Å². The minimum absolute atomic E-state index is 0.0848. The summed E-state index contributed by atoms with van der Waals surface area (Å²) in [5, 5.41) is 0.649. The summed E-state index contributed by atoms with van der Waals surface area (Å²) in [6, 6.07) is 7.57. The van der Waals surface area contributed by atoms with E-state index >= 15 is 0 Å². The quantitative estimate of drug-likeness (QED) is 0.853. The second-order valence-electron chi connectivity index (χ2n) is 5.08. The summed E-state index contributed by atoms with van der Waals surface area (Å²) in [5.41, 5.74) is 0.927. The molecule has 0 spiro atoms. The summed E-state index contributed by atoms with van der Waals surface area (Å²) in [7, 11) is 1.83. The van der Waals surface area contributed by atoms with Crippen molar-refractivity contribution < 1.29 is 9.59 Å². The number of carbonyl (C=O) groups is 2. The molecule has 4 heteroatoms. The third kappa shape index (κ3) is 3.80. The van der Waals surface area contributed by atoms with E-state index in [-0.39, 0.29) is 11.9 Å². The van der Waals surface area contributed by atoms with E-state index in [1.807, 2.05) is 25.2 Å². The second kappa shape index (κ2) is 6.20. The van der Waals surface area contributed by atoms with Crippen LogP contribution in [0.4, 0.5) is 0 Å². The summed E-state index contributed by atoms with van der Waals surface area (Å²) in [4.78, 5) is 25.2. The van der Waals surface area contributed by atoms with E-state index in [4.69, 9.17) is 11.6 Å². The molecule has 1 saturated carbocycles. The molecule has 19 heavy (non-hydrogen) atoms. The van der Waals surface area contributed by atoms with Crippen LogP contribution in [0, 0.1) is 0 Å². The van der Waals surface area contributed by atoms with E-state index < -0.39 is 0 Å². The van der Waals surface area contributed by atoms with E-state index in [1.165, 1.54) is 0 Å². The van der Waals surface area contributed by atoms with Crippen LogP contribution in [-0.2, 0) is 16.0 Å². The van der Waals surface area contributed by atoms with Gasteiger partial charge >= 0.3 is 0 Å². The number of hydrogen-bond donors (Lipinski definition) is 0. The molecule has 0 N–H and O–H groups in total. The largest absolute Gasteiger partial charge is 0.342 e. The van der Waals surface area contributed by atoms with Crippen molar-refractivity contribution in [2.75, 3.05) is 7.05 Å². The van der Waals surface area contributed by atoms with Crippen molar-refractivity contribution in [3.8, 4) is 0 Å². The SMILES string of the molecule is CN(C(=O)Cc1cccc(Cl)c1)C1CCC(=O)CC1. The summed E-state index contributed by atoms with van der Waals surface area (Å²) >= 11 is 5.91. The molecular weight excluding hydrogens is 262 g/mol. The van der Waals surface area contributed by atoms with Gasteiger partial charge in [-0.1, -0.05) is 23.7 Å². The lowest BCUT2D eigenvalue weighted by Crippen LogP contribution is -2.40. The molecule has 0 saturated heterocycles. The molecule has 2 rings (SSSR count). The van der Waals surface area contributed by atoms with Gasteiger partial charge in [-0.15, -0.1) is 0 Å². The van der Waals surface area contributed by atoms with Crippen molar-refractivity contribution in [3.63, 3.8) is 0 Å². The van der Waals surface area contributed by atoms with Crippen LogP contribution in [0.15, 0.2) is 24.3 Å². The molecule has 1 amide bonds. The van der Waals surface area contributed by atoms with Gasteiger partial charge in [-0.05, 0) is 30.5 Å². The van der Waals surface area contributed by atoms with Gasteiger partial charge in [0.15, 0.2) is 0 Å². The molecule has 0 aliphatic heterocycles. The third-order valence-corrected chi connectivity index (χ3v) is 3.93. The predicted octanol–water partition coefficient (Wildman–Crippen LogP) is 2.85. The van der Waals surface area contributed by atoms with Crippen LogP contribution >= 0.6 is 11.6 Å². The topological polar surface area (TPSA) is 37.4 Å². The van der Waals surface area contributed by atoms with Crippen molar-refractivity contribution in [1.29, 1.82) is 0 Å². The summed E-state index contributed by atoms with van der Waals surface area (Å²) in [6.07, 6.45) is 3.13. The Bertz CT molecular complexity index is 477. The Morgan fingerprint density at radius 1 is 1.37 bits per heavy atom. The Morgan fingerprint density at radius 2 is 2.05 bits per heavy atom. The first kappa shape index (κ1) is 14.1. The molecule has 0 unspecified atom stereocenters. The first-order valence-corrected chi connectivity index (χ1v) is 6.96. The zero-order chi connectivity index (χ0) is 13.8. The van der Waals surface area contributed by atoms with Gasteiger partial charge in [0.25, 0.3) is 0 Å². The second-order valence-corrected chi connectivity index (χ2v) is 5.52. The normalized spacial score (nSPS) is 16.4. The van der Waals surface area contributed by atoms with Gasteiger partial charge in [-0.25, -0.2) is 0 Å². The van der Waals surface area contributed by atoms with Crippen LogP contribution in [0.3, 0.4) is 0 Å². The fourth-order valence-electron chi connectivity index (χ4n) is 2.46. The average molecular weight is 280 g/mol. The molecule has 1 aromatic carbocycles. The molecular formula is C15H18ClNO2. The van der Waals surface area contributed by atoms with Gasteiger partial charge in [0, 0.05) is 31.0 Å². The highest BCUT2D eigenvalue weighted by Gasteiger charge is 2.25. The molecule has 3 nitrogen and oxygen atoms in total. The molecule has 0 radical (unpaired) electrons. The number of halogens is 1. The van der Waals surface area contributed by atoms with Crippen LogP contribution in [0.2, 0.25) is 5.02 Å². The fraction of sp³-hybridized carbons (Fsp3) is 0.467. The first-order chi connectivity index (χ1) is 9.06. The zero-order valence-electron chi connectivity index (χ0n) is 11.1. The number of amides is 1. The van der Waals surface area contributed by atoms with Crippen LogP contribution in [0.1, 0.15) is 31.2 Å². The minimum Gasteiger partial charge on any atom is -0.342 e. The maximum absolute atomic E-state index is 12.2. The van der Waals surface area contributed by atoms with Crippen molar-refractivity contribution >= 4 is 23.3 Å². The number of benzene rings is 1. The number of Topliss-reactive ketones (excluding diaryl/α,β-unsaturated/α-hetero) is 1. The standard InChI is InChI=1S/C15H18ClNO2/c1-17(13-5-7-14(18)8-6-13)15(19)10-11-3-2-4-12(16)9-11/h2-4,9,13H,5-8,10H2,1H3. The number of hydrogen-bond acceptors (Lipinski definition) is 2. The predicted molar refractivity (Wildman–Crippen MR) is 75.2 cm³/mol. The van der Waals surface area contributed by atoms with Gasteiger partial charge in [0.2, 0.25) is 5.91 Å². The molecule has 1 aliphatic carbocycles. The lowest BCUT2D eigenvalue weighted by molar-refractivity contribution is -0.133. The van der Waals surface area contributed by atoms with Gasteiger partial charge in [-0.3, -0.25) is 9.59 Å². The Kier molecular flexibility index (Phi) is 4.59. The Morgan fingerprint density at radius 3 is 2.68 bits per heavy atom. The minimum atomic E-state index is 0.0848. The highest BCUT2D eigenvalue weighted by molar-refractivity contribution is 6.30. The molecule has 0 aromatic heterocycles. The number of nitrogens with zero attached hydrogens (tertiary/aromatic N) is 1. The Balaban J connectivity index is 1.94. The third-order valence-electron chi connectivity index (χ3n) is 3.70. The molecule has 1 fully saturated rings. The number of rotatable bonds is 3. The van der Waals surface area contributed by atoms with E-state index in [9.17, 15) is 9.59 Å². The van der Waals surface area contributed by atoms with Crippen LogP contribution < -0.4 is 0 Å². The highest BCUT2D eigenvalue weighted by Crippen LogP contribution is 2.20. The maximum atomic E-state index is 12.2. The monoisotopic (exact) mass is 279 g/mol. The zero-order valence-corrected chi connectivity index (χ0v) is 11.8. The van der Waals surface area contributed by atoms with Crippen molar-refractivity contribution in [2.45, 2.75) is 38.1 Å². The van der Waals surface area contributed by atoms with Gasteiger partial charge in [-0.2, -0.15) is 0 Å². The number of ketones is 1. The molecule has 102 valence electrons. The summed E-state index contributed by atoms with van der Waals surface area (Å²) < 4.78 is 0. The van der Waals surface area contributed by atoms with Crippen LogP contribution in [-0.4, -0.2) is 29.7 Å². The van der Waals surface area contributed by atoms with E-state index in [2.05, 4.69) is 0 Å². The number of likely N-dealkylation sites (N-methyl/N-ethyl adjacent to an activating group) is 1. The van der Waals surface area contributed by atoms with Gasteiger partial charge < -0.3 is 4.90 Å². The maximum Gasteiger partial charge on any atom is 0.226 e. The molecule has 0 atom stereocenters. The van der Waals surface area contributed by atoms with E-state index in [0.717, 1.165) is 18.4 Å². The van der Waals surface area contributed by atoms with E-state index in [0.29, 0.717) is 30.1 Å². The van der Waals surface area contributed by atoms with Crippen LogP contribution in [0.25, 0.3) is 0 Å². The summed E-state index contributed by atoms with van der Waals surface area (Å²) in [6.45, 7) is 0. The van der Waals surface area contributed by atoms with Crippen molar-refractivity contribution in [2.24, 2.45) is 0 Å². The van der Waals surface area contributed by atoms with Crippen molar-refractivity contribution in [3.05, 3.63) is 34.9 Å². The average Bonchev–Trinajstić information content (AvgIpc) is 2.39. The number of carbonyl (C=O) groups excluding carboxylic acids is 2. The molecule has 1 aromatic rings. The van der Waals surface area contributed by atoms with Gasteiger partial charge in [0.1, 0.15) is 5.78 Å². The fourth-order valence-corrected chi connectivity index (χ4v) is 2.67. The molecule has 0 heterocycles. The molecule has 1 aliphatic rings. The van der Waals surface area contributed by atoms with Crippen LogP contribution in [0.5, 0.6) is 0 Å². The first-order valence-electron chi connectivity index (χ1n) is 6.58. The highest BCUT2D eigenvalue weighted by atomic mass is 35.5. The lowest BCUT2D eigenvalue weighted by atomic mass is 9.93. The smallest absolute Gasteiger partial charge is 0.226 e. The van der Waals surface area contributed by atoms with Crippen molar-refractivity contribution in [1.82, 2.24) is 4.90 Å². The van der Waals surface area contributed by atoms with E-state index in [1.54, 1.807) is 11.0 Å². The Labute approximate surface area is 118 Å². The lowest BCUT2D eigenvalue weighted by Gasteiger charge is -2.30. The summed E-state index contributed by atoms with van der Waals surface area (Å²) in [5.74, 6) is 0.397.